The van der Waals surface area contributed by atoms with E-state index >= 15 is 0 Å². The van der Waals surface area contributed by atoms with Crippen LogP contribution in [0.1, 0.15) is 0 Å². The second kappa shape index (κ2) is 3.69. The molecule has 0 saturated carbocycles. The normalized spacial score (nSPS) is 11.8. The topological polar surface area (TPSA) is 43.4 Å². The molecule has 1 rings (SSSR count). The van der Waals surface area contributed by atoms with Crippen molar-refractivity contribution in [2.24, 2.45) is 0 Å². The fourth-order valence-corrected chi connectivity index (χ4v) is 2.20. The number of halogens is 1. The van der Waals surface area contributed by atoms with Gasteiger partial charge in [-0.25, -0.2) is 0 Å². The maximum absolute atomic E-state index is 11.1. The lowest BCUT2D eigenvalue weighted by Crippen LogP contribution is -2.02. The van der Waals surface area contributed by atoms with E-state index in [9.17, 15) is 8.42 Å². The fraction of sp³-hybridized carbons (Fsp3) is 0. The molecule has 0 N–H and O–H groups in total. The van der Waals surface area contributed by atoms with E-state index in [1.54, 1.807) is 12.1 Å². The zero-order valence-electron chi connectivity index (χ0n) is 6.32. The molecular formula is C6H7BrO3SSi. The molecule has 0 aliphatic heterocycles. The standard InChI is InChI=1S/C6H7BrO3SSi/c7-5-1-3-6(4-2-5)11(8,9)10-12/h1-4H,12H3. The molecule has 0 atom stereocenters. The summed E-state index contributed by atoms with van der Waals surface area (Å²) in [4.78, 5) is 0.195. The van der Waals surface area contributed by atoms with Crippen molar-refractivity contribution in [3.8, 4) is 0 Å². The Kier molecular flexibility index (Phi) is 3.05. The fourth-order valence-electron chi connectivity index (χ4n) is 0.697. The van der Waals surface area contributed by atoms with Crippen molar-refractivity contribution in [3.05, 3.63) is 28.7 Å². The first-order chi connectivity index (χ1) is 5.56. The first kappa shape index (κ1) is 9.91. The van der Waals surface area contributed by atoms with Gasteiger partial charge in [0.25, 0.3) is 10.1 Å². The van der Waals surface area contributed by atoms with Crippen LogP contribution < -0.4 is 0 Å². The van der Waals surface area contributed by atoms with Crippen molar-refractivity contribution in [1.29, 1.82) is 0 Å². The molecule has 6 heteroatoms. The van der Waals surface area contributed by atoms with Crippen molar-refractivity contribution in [2.75, 3.05) is 0 Å². The molecule has 0 saturated heterocycles. The smallest absolute Gasteiger partial charge is 0.286 e. The third kappa shape index (κ3) is 2.16. The van der Waals surface area contributed by atoms with E-state index in [0.717, 1.165) is 4.47 Å². The summed E-state index contributed by atoms with van der Waals surface area (Å²) >= 11 is 3.21. The highest BCUT2D eigenvalue weighted by molar-refractivity contribution is 9.10. The zero-order chi connectivity index (χ0) is 9.19. The van der Waals surface area contributed by atoms with Crippen LogP contribution in [0.4, 0.5) is 0 Å². The maximum Gasteiger partial charge on any atom is 0.286 e. The van der Waals surface area contributed by atoms with Crippen LogP contribution in [0.15, 0.2) is 33.6 Å². The summed E-state index contributed by atoms with van der Waals surface area (Å²) in [5, 5.41) is 0. The Morgan fingerprint density at radius 2 is 1.75 bits per heavy atom. The SMILES string of the molecule is O=S(=O)(O[SiH3])c1ccc(Br)cc1. The van der Waals surface area contributed by atoms with Gasteiger partial charge in [0.05, 0.1) is 4.90 Å². The molecule has 1 aromatic carbocycles. The highest BCUT2D eigenvalue weighted by atomic mass is 79.9. The van der Waals surface area contributed by atoms with Crippen LogP contribution >= 0.6 is 15.9 Å². The van der Waals surface area contributed by atoms with E-state index in [2.05, 4.69) is 19.8 Å². The summed E-state index contributed by atoms with van der Waals surface area (Å²) in [5.41, 5.74) is 0. The van der Waals surface area contributed by atoms with Gasteiger partial charge in [0, 0.05) is 4.47 Å². The minimum Gasteiger partial charge on any atom is -0.323 e. The minimum absolute atomic E-state index is 0.181. The van der Waals surface area contributed by atoms with Crippen molar-refractivity contribution in [2.45, 2.75) is 4.90 Å². The largest absolute Gasteiger partial charge is 0.323 e. The first-order valence-corrected chi connectivity index (χ1v) is 6.14. The lowest BCUT2D eigenvalue weighted by atomic mass is 10.4. The molecule has 0 unspecified atom stereocenters. The van der Waals surface area contributed by atoms with Crippen molar-refractivity contribution in [1.82, 2.24) is 0 Å². The van der Waals surface area contributed by atoms with E-state index in [1.165, 1.54) is 12.1 Å². The number of hydrogen-bond acceptors (Lipinski definition) is 3. The molecular weight excluding hydrogens is 260 g/mol. The molecule has 0 bridgehead atoms. The third-order valence-electron chi connectivity index (χ3n) is 1.32. The van der Waals surface area contributed by atoms with Crippen LogP contribution in [-0.2, 0) is 14.0 Å². The molecule has 0 amide bonds. The van der Waals surface area contributed by atoms with E-state index in [1.807, 2.05) is 0 Å². The molecule has 0 aliphatic rings. The van der Waals surface area contributed by atoms with Crippen molar-refractivity contribution < 1.29 is 12.3 Å². The van der Waals surface area contributed by atoms with Gasteiger partial charge in [-0.15, -0.1) is 0 Å². The van der Waals surface area contributed by atoms with E-state index in [-0.39, 0.29) is 15.4 Å². The van der Waals surface area contributed by atoms with E-state index < -0.39 is 10.1 Å². The van der Waals surface area contributed by atoms with Gasteiger partial charge in [0.2, 0.25) is 0 Å². The molecule has 0 aliphatic carbocycles. The molecule has 3 nitrogen and oxygen atoms in total. The molecule has 0 spiro atoms. The molecule has 0 heterocycles. The number of rotatable bonds is 2. The van der Waals surface area contributed by atoms with Crippen molar-refractivity contribution in [3.63, 3.8) is 0 Å². The first-order valence-electron chi connectivity index (χ1n) is 3.12. The van der Waals surface area contributed by atoms with Crippen LogP contribution in [0.2, 0.25) is 0 Å². The third-order valence-corrected chi connectivity index (χ3v) is 4.46. The van der Waals surface area contributed by atoms with Crippen LogP contribution in [0.5, 0.6) is 0 Å². The maximum atomic E-state index is 11.1. The lowest BCUT2D eigenvalue weighted by Gasteiger charge is -2.00. The Hall–Kier alpha value is -0.173. The lowest BCUT2D eigenvalue weighted by molar-refractivity contribution is 0.508. The molecule has 0 fully saturated rings. The van der Waals surface area contributed by atoms with Crippen LogP contribution in [0.25, 0.3) is 0 Å². The van der Waals surface area contributed by atoms with Gasteiger partial charge in [-0.3, -0.25) is 0 Å². The van der Waals surface area contributed by atoms with Crippen LogP contribution in [0.3, 0.4) is 0 Å². The van der Waals surface area contributed by atoms with Gasteiger partial charge in [0.1, 0.15) is 0 Å². The highest BCUT2D eigenvalue weighted by Crippen LogP contribution is 2.15. The van der Waals surface area contributed by atoms with Gasteiger partial charge in [0.15, 0.2) is 10.5 Å². The molecule has 1 aromatic rings. The Morgan fingerprint density at radius 1 is 1.25 bits per heavy atom. The minimum atomic E-state index is -3.47. The van der Waals surface area contributed by atoms with Crippen LogP contribution in [0, 0.1) is 0 Å². The van der Waals surface area contributed by atoms with Gasteiger partial charge < -0.3 is 3.87 Å². The summed E-state index contributed by atoms with van der Waals surface area (Å²) in [6.45, 7) is 0. The predicted molar refractivity (Wildman–Crippen MR) is 52.4 cm³/mol. The number of benzene rings is 1. The summed E-state index contributed by atoms with van der Waals surface area (Å²) in [7, 11) is -3.29. The summed E-state index contributed by atoms with van der Waals surface area (Å²) < 4.78 is 27.5. The van der Waals surface area contributed by atoms with Gasteiger partial charge >= 0.3 is 0 Å². The predicted octanol–water partition coefficient (Wildman–Crippen LogP) is 0.435. The van der Waals surface area contributed by atoms with Gasteiger partial charge in [-0.2, -0.15) is 8.42 Å². The Balaban J connectivity index is 3.14. The Bertz CT molecular complexity index is 359. The Labute approximate surface area is 82.5 Å². The van der Waals surface area contributed by atoms with E-state index in [4.69, 9.17) is 0 Å². The monoisotopic (exact) mass is 266 g/mol. The number of hydrogen-bond donors (Lipinski definition) is 0. The Morgan fingerprint density at radius 3 is 2.17 bits per heavy atom. The van der Waals surface area contributed by atoms with Gasteiger partial charge in [-0.1, -0.05) is 15.9 Å². The molecule has 0 radical (unpaired) electrons. The quantitative estimate of drug-likeness (QED) is 0.730. The van der Waals surface area contributed by atoms with Crippen LogP contribution in [-0.4, -0.2) is 18.9 Å². The highest BCUT2D eigenvalue weighted by Gasteiger charge is 2.10. The summed E-state index contributed by atoms with van der Waals surface area (Å²) in [6, 6.07) is 6.32. The zero-order valence-corrected chi connectivity index (χ0v) is 10.7. The molecule has 0 aromatic heterocycles. The average molecular weight is 267 g/mol. The summed E-state index contributed by atoms with van der Waals surface area (Å²) in [6.07, 6.45) is 0. The summed E-state index contributed by atoms with van der Waals surface area (Å²) in [5.74, 6) is 0. The van der Waals surface area contributed by atoms with Gasteiger partial charge in [-0.05, 0) is 24.3 Å². The molecule has 12 heavy (non-hydrogen) atoms. The second-order valence-electron chi connectivity index (χ2n) is 2.07. The van der Waals surface area contributed by atoms with E-state index in [0.29, 0.717) is 0 Å². The molecule has 66 valence electrons. The van der Waals surface area contributed by atoms with Crippen molar-refractivity contribution >= 4 is 36.5 Å². The average Bonchev–Trinajstić information content (AvgIpc) is 2.05. The second-order valence-corrected chi connectivity index (χ2v) is 5.70.